The second kappa shape index (κ2) is 7.42. The molecule has 0 spiro atoms. The third-order valence-electron chi connectivity index (χ3n) is 4.23. The summed E-state index contributed by atoms with van der Waals surface area (Å²) in [4.78, 5) is 14.3. The van der Waals surface area contributed by atoms with Gasteiger partial charge in [0, 0.05) is 12.2 Å². The minimum absolute atomic E-state index is 0.0194. The maximum absolute atomic E-state index is 12.3. The van der Waals surface area contributed by atoms with Gasteiger partial charge in [-0.2, -0.15) is 0 Å². The Bertz CT molecular complexity index is 707. The van der Waals surface area contributed by atoms with Crippen LogP contribution < -0.4 is 5.32 Å². The number of benzene rings is 2. The summed E-state index contributed by atoms with van der Waals surface area (Å²) in [6.45, 7) is 9.44. The molecule has 0 atom stereocenters. The van der Waals surface area contributed by atoms with E-state index in [1.54, 1.807) is 0 Å². The Kier molecular flexibility index (Phi) is 5.56. The molecule has 0 fully saturated rings. The number of carbonyl (C=O) groups excluding carboxylic acids is 1. The van der Waals surface area contributed by atoms with E-state index in [0.717, 1.165) is 17.8 Å². The molecule has 0 unspecified atom stereocenters. The molecule has 3 nitrogen and oxygen atoms in total. The maximum atomic E-state index is 12.3. The molecule has 2 rings (SSSR count). The van der Waals surface area contributed by atoms with Gasteiger partial charge in [-0.25, -0.2) is 0 Å². The Balaban J connectivity index is 1.95. The van der Waals surface area contributed by atoms with Gasteiger partial charge < -0.3 is 5.32 Å². The van der Waals surface area contributed by atoms with Crippen LogP contribution in [0.5, 0.6) is 0 Å². The lowest BCUT2D eigenvalue weighted by atomic mass is 10.1. The first kappa shape index (κ1) is 17.2. The fraction of sp³-hybridized carbons (Fsp3) is 0.350. The molecule has 2 aromatic rings. The highest BCUT2D eigenvalue weighted by molar-refractivity contribution is 5.93. The van der Waals surface area contributed by atoms with E-state index in [9.17, 15) is 4.79 Å². The number of nitrogens with zero attached hydrogens (tertiary/aromatic N) is 1. The van der Waals surface area contributed by atoms with Crippen LogP contribution in [0.3, 0.4) is 0 Å². The van der Waals surface area contributed by atoms with Crippen LogP contribution in [0.4, 0.5) is 5.69 Å². The molecule has 2 aromatic carbocycles. The van der Waals surface area contributed by atoms with Crippen molar-refractivity contribution < 1.29 is 4.79 Å². The zero-order valence-corrected chi connectivity index (χ0v) is 14.7. The Morgan fingerprint density at radius 1 is 1.04 bits per heavy atom. The number of amides is 1. The second-order valence-electron chi connectivity index (χ2n) is 6.40. The van der Waals surface area contributed by atoms with Crippen molar-refractivity contribution in [2.75, 3.05) is 18.9 Å². The number of carbonyl (C=O) groups is 1. The van der Waals surface area contributed by atoms with Crippen LogP contribution in [-0.2, 0) is 11.3 Å². The van der Waals surface area contributed by atoms with Gasteiger partial charge >= 0.3 is 0 Å². The molecule has 0 aliphatic rings. The minimum atomic E-state index is 0.0194. The van der Waals surface area contributed by atoms with Crippen molar-refractivity contribution in [3.8, 4) is 0 Å². The van der Waals surface area contributed by atoms with Gasteiger partial charge in [-0.15, -0.1) is 0 Å². The zero-order valence-electron chi connectivity index (χ0n) is 14.7. The zero-order chi connectivity index (χ0) is 17.0. The highest BCUT2D eigenvalue weighted by atomic mass is 16.2. The lowest BCUT2D eigenvalue weighted by Crippen LogP contribution is -2.30. The van der Waals surface area contributed by atoms with Crippen molar-refractivity contribution in [2.24, 2.45) is 0 Å². The van der Waals surface area contributed by atoms with E-state index in [2.05, 4.69) is 50.4 Å². The quantitative estimate of drug-likeness (QED) is 0.905. The summed E-state index contributed by atoms with van der Waals surface area (Å²) >= 11 is 0. The molecular formula is C20H26N2O. The van der Waals surface area contributed by atoms with E-state index < -0.39 is 0 Å². The largest absolute Gasteiger partial charge is 0.325 e. The summed E-state index contributed by atoms with van der Waals surface area (Å²) in [6, 6.07) is 12.4. The van der Waals surface area contributed by atoms with Crippen molar-refractivity contribution in [2.45, 2.75) is 34.2 Å². The van der Waals surface area contributed by atoms with Crippen molar-refractivity contribution >= 4 is 11.6 Å². The van der Waals surface area contributed by atoms with Crippen molar-refractivity contribution in [1.82, 2.24) is 4.90 Å². The van der Waals surface area contributed by atoms with E-state index in [1.165, 1.54) is 22.3 Å². The number of hydrogen-bond donors (Lipinski definition) is 1. The predicted molar refractivity (Wildman–Crippen MR) is 96.8 cm³/mol. The molecular weight excluding hydrogens is 284 g/mol. The van der Waals surface area contributed by atoms with Gasteiger partial charge in [0.25, 0.3) is 0 Å². The first-order valence-corrected chi connectivity index (χ1v) is 7.97. The van der Waals surface area contributed by atoms with E-state index >= 15 is 0 Å². The van der Waals surface area contributed by atoms with Crippen molar-refractivity contribution in [3.63, 3.8) is 0 Å². The first-order chi connectivity index (χ1) is 10.9. The Morgan fingerprint density at radius 3 is 2.48 bits per heavy atom. The number of anilines is 1. The van der Waals surface area contributed by atoms with E-state index in [4.69, 9.17) is 0 Å². The molecule has 0 aliphatic carbocycles. The lowest BCUT2D eigenvalue weighted by Gasteiger charge is -2.18. The molecule has 0 saturated heterocycles. The highest BCUT2D eigenvalue weighted by Gasteiger charge is 2.10. The summed E-state index contributed by atoms with van der Waals surface area (Å²) < 4.78 is 0. The van der Waals surface area contributed by atoms with E-state index in [-0.39, 0.29) is 5.91 Å². The average Bonchev–Trinajstić information content (AvgIpc) is 2.47. The van der Waals surface area contributed by atoms with Gasteiger partial charge in [-0.1, -0.05) is 35.9 Å². The SMILES string of the molecule is Cc1ccc(CN(C)CC(=O)Nc2cccc(C)c2C)c(C)c1. The summed E-state index contributed by atoms with van der Waals surface area (Å²) in [5.41, 5.74) is 7.00. The molecule has 1 N–H and O–H groups in total. The summed E-state index contributed by atoms with van der Waals surface area (Å²) in [6.07, 6.45) is 0. The van der Waals surface area contributed by atoms with E-state index in [0.29, 0.717) is 6.54 Å². The summed E-state index contributed by atoms with van der Waals surface area (Å²) in [7, 11) is 1.97. The highest BCUT2D eigenvalue weighted by Crippen LogP contribution is 2.18. The number of rotatable bonds is 5. The van der Waals surface area contributed by atoms with Crippen molar-refractivity contribution in [3.05, 3.63) is 64.2 Å². The molecule has 3 heteroatoms. The van der Waals surface area contributed by atoms with Crippen LogP contribution in [0.2, 0.25) is 0 Å². The van der Waals surface area contributed by atoms with Crippen LogP contribution in [0.1, 0.15) is 27.8 Å². The molecule has 0 heterocycles. The number of aryl methyl sites for hydroxylation is 3. The standard InChI is InChI=1S/C20H26N2O/c1-14-9-10-18(16(3)11-14)12-22(5)13-20(23)21-19-8-6-7-15(2)17(19)4/h6-11H,12-13H2,1-5H3,(H,21,23). The van der Waals surface area contributed by atoms with E-state index in [1.807, 2.05) is 31.0 Å². The number of hydrogen-bond acceptors (Lipinski definition) is 2. The monoisotopic (exact) mass is 310 g/mol. The smallest absolute Gasteiger partial charge is 0.238 e. The van der Waals surface area contributed by atoms with Gasteiger partial charge in [-0.3, -0.25) is 9.69 Å². The topological polar surface area (TPSA) is 32.3 Å². The molecule has 122 valence electrons. The molecule has 0 aliphatic heterocycles. The molecule has 0 aromatic heterocycles. The summed E-state index contributed by atoms with van der Waals surface area (Å²) in [5, 5.41) is 3.01. The van der Waals surface area contributed by atoms with Gasteiger partial charge in [-0.05, 0) is 63.1 Å². The third kappa shape index (κ3) is 4.67. The molecule has 0 bridgehead atoms. The van der Waals surface area contributed by atoms with Gasteiger partial charge in [0.15, 0.2) is 0 Å². The average molecular weight is 310 g/mol. The van der Waals surface area contributed by atoms with Crippen LogP contribution >= 0.6 is 0 Å². The maximum Gasteiger partial charge on any atom is 0.238 e. The molecule has 23 heavy (non-hydrogen) atoms. The van der Waals surface area contributed by atoms with Gasteiger partial charge in [0.05, 0.1) is 6.54 Å². The van der Waals surface area contributed by atoms with Gasteiger partial charge in [0.1, 0.15) is 0 Å². The van der Waals surface area contributed by atoms with Crippen LogP contribution in [0.25, 0.3) is 0 Å². The fourth-order valence-corrected chi connectivity index (χ4v) is 2.69. The van der Waals surface area contributed by atoms with Crippen LogP contribution in [-0.4, -0.2) is 24.4 Å². The first-order valence-electron chi connectivity index (χ1n) is 7.97. The summed E-state index contributed by atoms with van der Waals surface area (Å²) in [5.74, 6) is 0.0194. The third-order valence-corrected chi connectivity index (χ3v) is 4.23. The van der Waals surface area contributed by atoms with Crippen LogP contribution in [0.15, 0.2) is 36.4 Å². The Morgan fingerprint density at radius 2 is 1.78 bits per heavy atom. The minimum Gasteiger partial charge on any atom is -0.325 e. The number of nitrogens with one attached hydrogen (secondary N) is 1. The molecule has 0 saturated carbocycles. The Hall–Kier alpha value is -2.13. The van der Waals surface area contributed by atoms with Gasteiger partial charge in [0.2, 0.25) is 5.91 Å². The Labute approximate surface area is 139 Å². The van der Waals surface area contributed by atoms with Crippen LogP contribution in [0, 0.1) is 27.7 Å². The second-order valence-corrected chi connectivity index (χ2v) is 6.40. The van der Waals surface area contributed by atoms with Crippen molar-refractivity contribution in [1.29, 1.82) is 0 Å². The number of likely N-dealkylation sites (N-methyl/N-ethyl adjacent to an activating group) is 1. The fourth-order valence-electron chi connectivity index (χ4n) is 2.69. The predicted octanol–water partition coefficient (Wildman–Crippen LogP) is 3.99. The lowest BCUT2D eigenvalue weighted by molar-refractivity contribution is -0.117. The normalized spacial score (nSPS) is 10.9. The molecule has 0 radical (unpaired) electrons. The molecule has 1 amide bonds.